The molecule has 2 atom stereocenters. The minimum absolute atomic E-state index is 0.333. The molecule has 0 aromatic carbocycles. The van der Waals surface area contributed by atoms with E-state index in [1.165, 1.54) is 32.1 Å². The Labute approximate surface area is 122 Å². The third-order valence-corrected chi connectivity index (χ3v) is 4.87. The number of anilines is 1. The van der Waals surface area contributed by atoms with Crippen LogP contribution < -0.4 is 5.32 Å². The number of rotatable bonds is 2. The Bertz CT molecular complexity index is 569. The maximum Gasteiger partial charge on any atom is 0.225 e. The maximum absolute atomic E-state index is 6.00. The van der Waals surface area contributed by atoms with Gasteiger partial charge in [0.05, 0.1) is 5.39 Å². The Hall–Kier alpha value is -0.870. The van der Waals surface area contributed by atoms with Crippen LogP contribution in [0.3, 0.4) is 0 Å². The van der Waals surface area contributed by atoms with Gasteiger partial charge >= 0.3 is 0 Å². The molecule has 0 aliphatic heterocycles. The van der Waals surface area contributed by atoms with Crippen LogP contribution in [0.1, 0.15) is 39.0 Å². The highest BCUT2D eigenvalue weighted by Gasteiger charge is 2.18. The monoisotopic (exact) mass is 295 g/mol. The molecule has 1 aliphatic carbocycles. The molecule has 0 saturated heterocycles. The van der Waals surface area contributed by atoms with Crippen LogP contribution in [0.25, 0.3) is 10.2 Å². The summed E-state index contributed by atoms with van der Waals surface area (Å²) in [7, 11) is 0. The minimum atomic E-state index is 0.333. The molecule has 0 radical (unpaired) electrons. The molecular formula is C14H18ClN3S. The SMILES string of the molecule is CC1CCCC(Nc2nc(Cl)nc3sccc23)CC1. The van der Waals surface area contributed by atoms with Crippen LogP contribution in [-0.2, 0) is 0 Å². The highest BCUT2D eigenvalue weighted by atomic mass is 35.5. The summed E-state index contributed by atoms with van der Waals surface area (Å²) in [4.78, 5) is 9.58. The lowest BCUT2D eigenvalue weighted by Crippen LogP contribution is -2.19. The van der Waals surface area contributed by atoms with Gasteiger partial charge in [0.15, 0.2) is 0 Å². The molecule has 2 aromatic heterocycles. The molecule has 1 saturated carbocycles. The van der Waals surface area contributed by atoms with E-state index >= 15 is 0 Å². The summed E-state index contributed by atoms with van der Waals surface area (Å²) >= 11 is 7.60. The standard InChI is InChI=1S/C14H18ClN3S/c1-9-3-2-4-10(6-5-9)16-12-11-7-8-19-13(11)18-14(15)17-12/h7-10H,2-6H2,1H3,(H,16,17,18). The van der Waals surface area contributed by atoms with E-state index < -0.39 is 0 Å². The van der Waals surface area contributed by atoms with Crippen molar-refractivity contribution in [2.24, 2.45) is 5.92 Å². The average Bonchev–Trinajstić information content (AvgIpc) is 2.74. The second kappa shape index (κ2) is 5.63. The second-order valence-corrected chi connectivity index (χ2v) is 6.67. The van der Waals surface area contributed by atoms with Gasteiger partial charge in [-0.25, -0.2) is 9.97 Å². The van der Waals surface area contributed by atoms with Crippen molar-refractivity contribution < 1.29 is 0 Å². The van der Waals surface area contributed by atoms with Crippen molar-refractivity contribution >= 4 is 39.0 Å². The molecule has 0 amide bonds. The van der Waals surface area contributed by atoms with Crippen molar-refractivity contribution in [2.75, 3.05) is 5.32 Å². The van der Waals surface area contributed by atoms with Gasteiger partial charge in [-0.2, -0.15) is 0 Å². The van der Waals surface area contributed by atoms with Gasteiger partial charge in [-0.3, -0.25) is 0 Å². The fraction of sp³-hybridized carbons (Fsp3) is 0.571. The Morgan fingerprint density at radius 2 is 2.16 bits per heavy atom. The number of nitrogens with one attached hydrogen (secondary N) is 1. The van der Waals surface area contributed by atoms with E-state index in [1.807, 2.05) is 5.38 Å². The van der Waals surface area contributed by atoms with Gasteiger partial charge < -0.3 is 5.32 Å². The van der Waals surface area contributed by atoms with E-state index in [0.29, 0.717) is 11.3 Å². The highest BCUT2D eigenvalue weighted by Crippen LogP contribution is 2.29. The number of nitrogens with zero attached hydrogens (tertiary/aromatic N) is 2. The average molecular weight is 296 g/mol. The first-order valence-electron chi connectivity index (χ1n) is 6.89. The van der Waals surface area contributed by atoms with E-state index in [1.54, 1.807) is 11.3 Å². The van der Waals surface area contributed by atoms with Crippen molar-refractivity contribution in [3.63, 3.8) is 0 Å². The van der Waals surface area contributed by atoms with Crippen molar-refractivity contribution in [1.82, 2.24) is 9.97 Å². The first-order valence-corrected chi connectivity index (χ1v) is 8.15. The smallest absolute Gasteiger partial charge is 0.225 e. The first-order chi connectivity index (χ1) is 9.22. The molecule has 0 spiro atoms. The molecule has 19 heavy (non-hydrogen) atoms. The van der Waals surface area contributed by atoms with Crippen LogP contribution in [0.5, 0.6) is 0 Å². The summed E-state index contributed by atoms with van der Waals surface area (Å²) in [6.45, 7) is 2.35. The van der Waals surface area contributed by atoms with Crippen LogP contribution in [-0.4, -0.2) is 16.0 Å². The molecule has 2 unspecified atom stereocenters. The van der Waals surface area contributed by atoms with Crippen LogP contribution in [0.4, 0.5) is 5.82 Å². The van der Waals surface area contributed by atoms with Crippen LogP contribution >= 0.6 is 22.9 Å². The zero-order valence-electron chi connectivity index (χ0n) is 11.0. The fourth-order valence-electron chi connectivity index (χ4n) is 2.76. The van der Waals surface area contributed by atoms with Crippen molar-refractivity contribution in [3.8, 4) is 0 Å². The lowest BCUT2D eigenvalue weighted by molar-refractivity contribution is 0.502. The molecular weight excluding hydrogens is 278 g/mol. The lowest BCUT2D eigenvalue weighted by atomic mass is 10.0. The van der Waals surface area contributed by atoms with Crippen molar-refractivity contribution in [1.29, 1.82) is 0 Å². The largest absolute Gasteiger partial charge is 0.367 e. The molecule has 5 heteroatoms. The van der Waals surface area contributed by atoms with Gasteiger partial charge in [-0.15, -0.1) is 11.3 Å². The van der Waals surface area contributed by atoms with E-state index in [-0.39, 0.29) is 0 Å². The highest BCUT2D eigenvalue weighted by molar-refractivity contribution is 7.16. The molecule has 2 heterocycles. The van der Waals surface area contributed by atoms with Crippen molar-refractivity contribution in [2.45, 2.75) is 45.1 Å². The van der Waals surface area contributed by atoms with Gasteiger partial charge in [-0.05, 0) is 48.2 Å². The van der Waals surface area contributed by atoms with E-state index in [2.05, 4.69) is 28.3 Å². The van der Waals surface area contributed by atoms with Gasteiger partial charge in [0.1, 0.15) is 10.6 Å². The molecule has 2 aromatic rings. The maximum atomic E-state index is 6.00. The summed E-state index contributed by atoms with van der Waals surface area (Å²) in [5, 5.41) is 7.04. The Morgan fingerprint density at radius 3 is 3.05 bits per heavy atom. The molecule has 102 valence electrons. The Kier molecular flexibility index (Phi) is 3.89. The Morgan fingerprint density at radius 1 is 1.26 bits per heavy atom. The number of thiophene rings is 1. The number of aromatic nitrogens is 2. The number of hydrogen-bond donors (Lipinski definition) is 1. The zero-order valence-corrected chi connectivity index (χ0v) is 12.6. The molecule has 1 aliphatic rings. The summed E-state index contributed by atoms with van der Waals surface area (Å²) < 4.78 is 0. The van der Waals surface area contributed by atoms with E-state index in [0.717, 1.165) is 22.0 Å². The fourth-order valence-corrected chi connectivity index (χ4v) is 3.75. The molecule has 3 rings (SSSR count). The van der Waals surface area contributed by atoms with E-state index in [9.17, 15) is 0 Å². The normalized spacial score (nSPS) is 24.3. The second-order valence-electron chi connectivity index (χ2n) is 5.44. The van der Waals surface area contributed by atoms with Crippen LogP contribution in [0.2, 0.25) is 5.28 Å². The summed E-state index contributed by atoms with van der Waals surface area (Å²) in [5.74, 6) is 1.75. The third-order valence-electron chi connectivity index (χ3n) is 3.90. The summed E-state index contributed by atoms with van der Waals surface area (Å²) in [5.41, 5.74) is 0. The predicted octanol–water partition coefficient (Wildman–Crippen LogP) is 4.73. The number of fused-ring (bicyclic) bond motifs is 1. The number of hydrogen-bond acceptors (Lipinski definition) is 4. The topological polar surface area (TPSA) is 37.8 Å². The van der Waals surface area contributed by atoms with E-state index in [4.69, 9.17) is 11.6 Å². The molecule has 1 fully saturated rings. The quantitative estimate of drug-likeness (QED) is 0.643. The van der Waals surface area contributed by atoms with Gasteiger partial charge in [0.25, 0.3) is 0 Å². The zero-order chi connectivity index (χ0) is 13.2. The van der Waals surface area contributed by atoms with Crippen molar-refractivity contribution in [3.05, 3.63) is 16.7 Å². The summed E-state index contributed by atoms with van der Waals surface area (Å²) in [6.07, 6.45) is 6.37. The minimum Gasteiger partial charge on any atom is -0.367 e. The summed E-state index contributed by atoms with van der Waals surface area (Å²) in [6, 6.07) is 2.58. The van der Waals surface area contributed by atoms with Gasteiger partial charge in [0.2, 0.25) is 5.28 Å². The van der Waals surface area contributed by atoms with Crippen LogP contribution in [0.15, 0.2) is 11.4 Å². The van der Waals surface area contributed by atoms with Gasteiger partial charge in [0, 0.05) is 6.04 Å². The lowest BCUT2D eigenvalue weighted by Gasteiger charge is -2.17. The van der Waals surface area contributed by atoms with Crippen LogP contribution in [0, 0.1) is 5.92 Å². The first kappa shape index (κ1) is 13.1. The molecule has 0 bridgehead atoms. The molecule has 3 nitrogen and oxygen atoms in total. The Balaban J connectivity index is 1.82. The number of halogens is 1. The molecule has 1 N–H and O–H groups in total. The predicted molar refractivity (Wildman–Crippen MR) is 82.1 cm³/mol. The third kappa shape index (κ3) is 3.00. The van der Waals surface area contributed by atoms with Gasteiger partial charge in [-0.1, -0.05) is 19.8 Å².